The number of nitrogen functional groups attached to an aromatic ring is 1. The monoisotopic (exact) mass is 275 g/mol. The minimum atomic E-state index is 0.0724. The van der Waals surface area contributed by atoms with Crippen molar-refractivity contribution in [1.82, 2.24) is 14.8 Å². The van der Waals surface area contributed by atoms with Crippen molar-refractivity contribution in [1.29, 1.82) is 0 Å². The van der Waals surface area contributed by atoms with E-state index in [0.29, 0.717) is 0 Å². The molecule has 2 saturated heterocycles. The van der Waals surface area contributed by atoms with Crippen molar-refractivity contribution in [2.24, 2.45) is 0 Å². The number of anilines is 2. The maximum atomic E-state index is 12.0. The molecule has 108 valence electrons. The van der Waals surface area contributed by atoms with Gasteiger partial charge in [-0.1, -0.05) is 0 Å². The topological polar surface area (TPSA) is 65.7 Å². The van der Waals surface area contributed by atoms with Gasteiger partial charge in [-0.3, -0.25) is 9.69 Å². The van der Waals surface area contributed by atoms with E-state index in [1.165, 1.54) is 0 Å². The lowest BCUT2D eigenvalue weighted by molar-refractivity contribution is -0.131. The first kappa shape index (κ1) is 13.2. The fourth-order valence-corrected chi connectivity index (χ4v) is 3.06. The highest BCUT2D eigenvalue weighted by molar-refractivity contribution is 5.83. The van der Waals surface area contributed by atoms with Crippen LogP contribution in [0.5, 0.6) is 0 Å². The molecule has 0 radical (unpaired) electrons. The Labute approximate surface area is 119 Å². The standard InChI is InChI=1S/C14H21N5O/c1-17-6-4-12(14(17)20)18-7-9-19(10-8-18)13-11(15)3-2-5-16-13/h2-3,5,12H,4,6-10,15H2,1H3. The van der Waals surface area contributed by atoms with Gasteiger partial charge in [-0.15, -0.1) is 0 Å². The first-order chi connectivity index (χ1) is 9.66. The maximum absolute atomic E-state index is 12.0. The number of likely N-dealkylation sites (N-methyl/N-ethyl adjacent to an activating group) is 1. The number of aromatic nitrogens is 1. The van der Waals surface area contributed by atoms with Crippen LogP contribution in [0, 0.1) is 0 Å². The average molecular weight is 275 g/mol. The molecule has 1 amide bonds. The third kappa shape index (κ3) is 2.31. The van der Waals surface area contributed by atoms with Crippen LogP contribution in [-0.4, -0.2) is 66.5 Å². The largest absolute Gasteiger partial charge is 0.396 e. The molecular formula is C14H21N5O. The molecular weight excluding hydrogens is 254 g/mol. The van der Waals surface area contributed by atoms with Gasteiger partial charge in [0.25, 0.3) is 0 Å². The van der Waals surface area contributed by atoms with Crippen LogP contribution in [0.15, 0.2) is 18.3 Å². The Morgan fingerprint density at radius 1 is 1.25 bits per heavy atom. The molecule has 2 fully saturated rings. The molecule has 6 nitrogen and oxygen atoms in total. The summed E-state index contributed by atoms with van der Waals surface area (Å²) in [6, 6.07) is 3.80. The fourth-order valence-electron chi connectivity index (χ4n) is 3.06. The summed E-state index contributed by atoms with van der Waals surface area (Å²) in [4.78, 5) is 22.7. The Morgan fingerprint density at radius 2 is 2.00 bits per heavy atom. The van der Waals surface area contributed by atoms with Crippen LogP contribution >= 0.6 is 0 Å². The summed E-state index contributed by atoms with van der Waals surface area (Å²) in [5, 5.41) is 0. The van der Waals surface area contributed by atoms with Crippen molar-refractivity contribution in [3.63, 3.8) is 0 Å². The minimum absolute atomic E-state index is 0.0724. The first-order valence-corrected chi connectivity index (χ1v) is 7.11. The zero-order valence-electron chi connectivity index (χ0n) is 11.8. The molecule has 3 rings (SSSR count). The summed E-state index contributed by atoms with van der Waals surface area (Å²) in [5.74, 6) is 1.12. The van der Waals surface area contributed by atoms with Crippen LogP contribution in [-0.2, 0) is 4.79 Å². The predicted octanol–water partition coefficient (Wildman–Crippen LogP) is 0.0165. The number of hydrogen-bond acceptors (Lipinski definition) is 5. The highest BCUT2D eigenvalue weighted by Gasteiger charge is 2.35. The Kier molecular flexibility index (Phi) is 3.48. The van der Waals surface area contributed by atoms with Gasteiger partial charge in [0.1, 0.15) is 0 Å². The lowest BCUT2D eigenvalue weighted by Gasteiger charge is -2.38. The van der Waals surface area contributed by atoms with Gasteiger partial charge in [0.2, 0.25) is 5.91 Å². The molecule has 20 heavy (non-hydrogen) atoms. The third-order valence-electron chi connectivity index (χ3n) is 4.27. The highest BCUT2D eigenvalue weighted by atomic mass is 16.2. The Hall–Kier alpha value is -1.82. The number of carbonyl (C=O) groups is 1. The summed E-state index contributed by atoms with van der Waals surface area (Å²) >= 11 is 0. The van der Waals surface area contributed by atoms with Crippen LogP contribution in [0.4, 0.5) is 11.5 Å². The molecule has 0 spiro atoms. The zero-order valence-corrected chi connectivity index (χ0v) is 11.8. The zero-order chi connectivity index (χ0) is 14.1. The first-order valence-electron chi connectivity index (χ1n) is 7.11. The predicted molar refractivity (Wildman–Crippen MR) is 78.5 cm³/mol. The highest BCUT2D eigenvalue weighted by Crippen LogP contribution is 2.23. The molecule has 1 atom stereocenters. The van der Waals surface area contributed by atoms with E-state index in [-0.39, 0.29) is 11.9 Å². The molecule has 1 unspecified atom stereocenters. The molecule has 2 aliphatic heterocycles. The number of amides is 1. The number of carbonyl (C=O) groups excluding carboxylic acids is 1. The molecule has 1 aromatic rings. The summed E-state index contributed by atoms with van der Waals surface area (Å²) in [6.45, 7) is 4.39. The molecule has 3 heterocycles. The molecule has 2 aliphatic rings. The number of hydrogen-bond donors (Lipinski definition) is 1. The van der Waals surface area contributed by atoms with Crippen molar-refractivity contribution in [3.8, 4) is 0 Å². The quantitative estimate of drug-likeness (QED) is 0.824. The normalized spacial score (nSPS) is 24.4. The van der Waals surface area contributed by atoms with E-state index in [9.17, 15) is 4.79 Å². The van der Waals surface area contributed by atoms with Crippen LogP contribution in [0.3, 0.4) is 0 Å². The van der Waals surface area contributed by atoms with Gasteiger partial charge >= 0.3 is 0 Å². The minimum Gasteiger partial charge on any atom is -0.396 e. The molecule has 6 heteroatoms. The number of rotatable bonds is 2. The smallest absolute Gasteiger partial charge is 0.239 e. The molecule has 1 aromatic heterocycles. The molecule has 0 aliphatic carbocycles. The third-order valence-corrected chi connectivity index (χ3v) is 4.27. The van der Waals surface area contributed by atoms with E-state index in [1.54, 1.807) is 6.20 Å². The van der Waals surface area contributed by atoms with Gasteiger partial charge in [-0.25, -0.2) is 4.98 Å². The van der Waals surface area contributed by atoms with Crippen LogP contribution in [0.25, 0.3) is 0 Å². The van der Waals surface area contributed by atoms with Gasteiger partial charge < -0.3 is 15.5 Å². The molecule has 0 bridgehead atoms. The number of nitrogens with two attached hydrogens (primary N) is 1. The Morgan fingerprint density at radius 3 is 2.60 bits per heavy atom. The molecule has 0 aromatic carbocycles. The van der Waals surface area contributed by atoms with E-state index in [1.807, 2.05) is 24.1 Å². The van der Waals surface area contributed by atoms with Crippen molar-refractivity contribution >= 4 is 17.4 Å². The SMILES string of the molecule is CN1CCC(N2CCN(c3ncccc3N)CC2)C1=O. The fraction of sp³-hybridized carbons (Fsp3) is 0.571. The number of piperazine rings is 1. The van der Waals surface area contributed by atoms with Crippen LogP contribution in [0.2, 0.25) is 0 Å². The molecule has 2 N–H and O–H groups in total. The van der Waals surface area contributed by atoms with E-state index >= 15 is 0 Å². The Balaban J connectivity index is 1.63. The van der Waals surface area contributed by atoms with Gasteiger partial charge in [-0.2, -0.15) is 0 Å². The van der Waals surface area contributed by atoms with Crippen LogP contribution in [0.1, 0.15) is 6.42 Å². The summed E-state index contributed by atoms with van der Waals surface area (Å²) < 4.78 is 0. The maximum Gasteiger partial charge on any atom is 0.239 e. The van der Waals surface area contributed by atoms with Crippen molar-refractivity contribution < 1.29 is 4.79 Å². The van der Waals surface area contributed by atoms with E-state index in [2.05, 4.69) is 14.8 Å². The van der Waals surface area contributed by atoms with Gasteiger partial charge in [0.15, 0.2) is 5.82 Å². The average Bonchev–Trinajstić information content (AvgIpc) is 2.80. The van der Waals surface area contributed by atoms with E-state index in [0.717, 1.165) is 50.6 Å². The lowest BCUT2D eigenvalue weighted by atomic mass is 10.1. The van der Waals surface area contributed by atoms with Gasteiger partial charge in [-0.05, 0) is 18.6 Å². The van der Waals surface area contributed by atoms with Gasteiger partial charge in [0.05, 0.1) is 11.7 Å². The van der Waals surface area contributed by atoms with E-state index < -0.39 is 0 Å². The van der Waals surface area contributed by atoms with Crippen molar-refractivity contribution in [3.05, 3.63) is 18.3 Å². The number of pyridine rings is 1. The summed E-state index contributed by atoms with van der Waals surface area (Å²) in [7, 11) is 1.88. The lowest BCUT2D eigenvalue weighted by Crippen LogP contribution is -2.52. The second-order valence-electron chi connectivity index (χ2n) is 5.50. The van der Waals surface area contributed by atoms with Gasteiger partial charge in [0, 0.05) is 46.0 Å². The van der Waals surface area contributed by atoms with Crippen molar-refractivity contribution in [2.45, 2.75) is 12.5 Å². The number of nitrogens with zero attached hydrogens (tertiary/aromatic N) is 4. The second-order valence-corrected chi connectivity index (χ2v) is 5.50. The van der Waals surface area contributed by atoms with Crippen molar-refractivity contribution in [2.75, 3.05) is 50.4 Å². The summed E-state index contributed by atoms with van der Waals surface area (Å²) in [6.07, 6.45) is 2.72. The van der Waals surface area contributed by atoms with E-state index in [4.69, 9.17) is 5.73 Å². The molecule has 0 saturated carbocycles. The Bertz CT molecular complexity index is 498. The number of likely N-dealkylation sites (tertiary alicyclic amines) is 1. The second kappa shape index (κ2) is 5.28. The summed E-state index contributed by atoms with van der Waals surface area (Å²) in [5.41, 5.74) is 6.69. The van der Waals surface area contributed by atoms with Crippen LogP contribution < -0.4 is 10.6 Å².